The van der Waals surface area contributed by atoms with Gasteiger partial charge in [-0.05, 0) is 36.4 Å². The number of ether oxygens (including phenoxy) is 1. The highest BCUT2D eigenvalue weighted by molar-refractivity contribution is 9.10. The Morgan fingerprint density at radius 1 is 0.857 bits per heavy atom. The van der Waals surface area contributed by atoms with Gasteiger partial charge >= 0.3 is 5.97 Å². The first kappa shape index (κ1) is 22.5. The molecule has 0 aromatic heterocycles. The Morgan fingerprint density at radius 2 is 1.61 bits per heavy atom. The molecule has 2 aromatic carbocycles. The number of anilines is 2. The third-order valence-corrected chi connectivity index (χ3v) is 4.87. The van der Waals surface area contributed by atoms with Crippen LogP contribution >= 0.6 is 50.7 Å². The lowest BCUT2D eigenvalue weighted by molar-refractivity contribution is -0.147. The van der Waals surface area contributed by atoms with E-state index in [0.717, 1.165) is 4.47 Å². The normalized spacial score (nSPS) is 10.3. The minimum Gasteiger partial charge on any atom is -0.456 e. The lowest BCUT2D eigenvalue weighted by atomic mass is 10.2. The van der Waals surface area contributed by atoms with Gasteiger partial charge in [-0.3, -0.25) is 14.4 Å². The molecule has 0 fully saturated rings. The van der Waals surface area contributed by atoms with E-state index in [1.54, 1.807) is 30.3 Å². The molecule has 0 aliphatic rings. The summed E-state index contributed by atoms with van der Waals surface area (Å²) in [5.74, 6) is -1.62. The first-order chi connectivity index (χ1) is 13.2. The summed E-state index contributed by atoms with van der Waals surface area (Å²) in [6.45, 7) is -0.486. The SMILES string of the molecule is O=C(CCC(=O)OCC(=O)Nc1ccc(Br)cc1Cl)Nc1ccc(Cl)c(Cl)c1. The van der Waals surface area contributed by atoms with E-state index >= 15 is 0 Å². The highest BCUT2D eigenvalue weighted by Crippen LogP contribution is 2.26. The molecular weight excluding hydrogens is 494 g/mol. The summed E-state index contributed by atoms with van der Waals surface area (Å²) in [6.07, 6.45) is -0.293. The number of carbonyl (C=O) groups excluding carboxylic acids is 3. The number of hydrogen-bond acceptors (Lipinski definition) is 4. The highest BCUT2D eigenvalue weighted by Gasteiger charge is 2.12. The molecule has 0 bridgehead atoms. The Hall–Kier alpha value is -1.80. The minimum atomic E-state index is -0.679. The number of nitrogens with one attached hydrogen (secondary N) is 2. The fourth-order valence-electron chi connectivity index (χ4n) is 2.01. The molecule has 0 saturated heterocycles. The molecule has 0 spiro atoms. The van der Waals surface area contributed by atoms with E-state index < -0.39 is 24.4 Å². The van der Waals surface area contributed by atoms with E-state index in [-0.39, 0.29) is 12.8 Å². The Morgan fingerprint density at radius 3 is 2.29 bits per heavy atom. The third kappa shape index (κ3) is 7.31. The van der Waals surface area contributed by atoms with E-state index in [4.69, 9.17) is 39.5 Å². The third-order valence-electron chi connectivity index (χ3n) is 3.33. The molecule has 0 atom stereocenters. The smallest absolute Gasteiger partial charge is 0.306 e. The van der Waals surface area contributed by atoms with E-state index in [9.17, 15) is 14.4 Å². The molecular formula is C18H14BrCl3N2O4. The van der Waals surface area contributed by atoms with E-state index in [0.29, 0.717) is 26.4 Å². The topological polar surface area (TPSA) is 84.5 Å². The molecule has 10 heteroatoms. The number of hydrogen-bond donors (Lipinski definition) is 2. The Bertz CT molecular complexity index is 908. The second-order valence-corrected chi connectivity index (χ2v) is 7.65. The van der Waals surface area contributed by atoms with Crippen LogP contribution in [0, 0.1) is 0 Å². The molecule has 148 valence electrons. The zero-order valence-corrected chi connectivity index (χ0v) is 18.1. The van der Waals surface area contributed by atoms with Crippen molar-refractivity contribution in [2.45, 2.75) is 12.8 Å². The summed E-state index contributed by atoms with van der Waals surface area (Å²) in [4.78, 5) is 35.4. The molecule has 2 aromatic rings. The second kappa shape index (κ2) is 10.7. The number of benzene rings is 2. The predicted octanol–water partition coefficient (Wildman–Crippen LogP) is 5.31. The van der Waals surface area contributed by atoms with Gasteiger partial charge in [-0.25, -0.2) is 0 Å². The Labute approximate surface area is 184 Å². The van der Waals surface area contributed by atoms with Crippen LogP contribution in [-0.4, -0.2) is 24.4 Å². The molecule has 0 unspecified atom stereocenters. The van der Waals surface area contributed by atoms with E-state index in [1.807, 2.05) is 0 Å². The second-order valence-electron chi connectivity index (χ2n) is 5.51. The molecule has 0 heterocycles. The van der Waals surface area contributed by atoms with Crippen molar-refractivity contribution in [3.05, 3.63) is 55.9 Å². The van der Waals surface area contributed by atoms with E-state index in [1.165, 1.54) is 6.07 Å². The van der Waals surface area contributed by atoms with Gasteiger partial charge < -0.3 is 15.4 Å². The summed E-state index contributed by atoms with van der Waals surface area (Å²) >= 11 is 20.9. The molecule has 2 N–H and O–H groups in total. The van der Waals surface area contributed by atoms with Gasteiger partial charge in [0.1, 0.15) is 0 Å². The monoisotopic (exact) mass is 506 g/mol. The van der Waals surface area contributed by atoms with Crippen molar-refractivity contribution in [3.63, 3.8) is 0 Å². The molecule has 0 aliphatic carbocycles. The Kier molecular flexibility index (Phi) is 8.57. The van der Waals surface area contributed by atoms with Crippen molar-refractivity contribution >= 4 is 79.9 Å². The Balaban J connectivity index is 1.72. The summed E-state index contributed by atoms with van der Waals surface area (Å²) < 4.78 is 5.62. The van der Waals surface area contributed by atoms with Crippen LogP contribution in [0.2, 0.25) is 15.1 Å². The lowest BCUT2D eigenvalue weighted by Gasteiger charge is -2.09. The summed E-state index contributed by atoms with van der Waals surface area (Å²) in [5, 5.41) is 6.12. The number of carbonyl (C=O) groups is 3. The van der Waals surface area contributed by atoms with Gasteiger partial charge in [0.05, 0.1) is 27.2 Å². The quantitative estimate of drug-likeness (QED) is 0.497. The number of halogens is 4. The van der Waals surface area contributed by atoms with Gasteiger partial charge in [-0.15, -0.1) is 0 Å². The van der Waals surface area contributed by atoms with Gasteiger partial charge in [0.15, 0.2) is 6.61 Å². The summed E-state index contributed by atoms with van der Waals surface area (Å²) in [7, 11) is 0. The van der Waals surface area contributed by atoms with Crippen molar-refractivity contribution < 1.29 is 19.1 Å². The van der Waals surface area contributed by atoms with Crippen LogP contribution in [0.15, 0.2) is 40.9 Å². The maximum absolute atomic E-state index is 11.9. The molecule has 6 nitrogen and oxygen atoms in total. The first-order valence-corrected chi connectivity index (χ1v) is 9.82. The van der Waals surface area contributed by atoms with Crippen LogP contribution in [0.5, 0.6) is 0 Å². The van der Waals surface area contributed by atoms with Crippen LogP contribution in [0.4, 0.5) is 11.4 Å². The van der Waals surface area contributed by atoms with Crippen LogP contribution in [0.25, 0.3) is 0 Å². The fraction of sp³-hybridized carbons (Fsp3) is 0.167. The number of esters is 1. The van der Waals surface area contributed by atoms with Gasteiger partial charge in [-0.1, -0.05) is 50.7 Å². The first-order valence-electron chi connectivity index (χ1n) is 7.90. The fourth-order valence-corrected chi connectivity index (χ4v) is 3.03. The summed E-state index contributed by atoms with van der Waals surface area (Å²) in [5.41, 5.74) is 0.852. The van der Waals surface area contributed by atoms with Crippen molar-refractivity contribution in [2.24, 2.45) is 0 Å². The standard InChI is InChI=1S/C18H14BrCl3N2O4/c19-10-1-4-15(14(22)7-10)24-17(26)9-28-18(27)6-5-16(25)23-11-2-3-12(20)13(21)8-11/h1-4,7-8H,5-6,9H2,(H,23,25)(H,24,26). The predicted molar refractivity (Wildman–Crippen MR) is 113 cm³/mol. The van der Waals surface area contributed by atoms with Crippen molar-refractivity contribution in [1.82, 2.24) is 0 Å². The lowest BCUT2D eigenvalue weighted by Crippen LogP contribution is -2.22. The van der Waals surface area contributed by atoms with Gasteiger partial charge in [0, 0.05) is 16.6 Å². The van der Waals surface area contributed by atoms with Crippen molar-refractivity contribution in [3.8, 4) is 0 Å². The van der Waals surface area contributed by atoms with Crippen LogP contribution in [0.3, 0.4) is 0 Å². The molecule has 0 saturated carbocycles. The van der Waals surface area contributed by atoms with Gasteiger partial charge in [0.2, 0.25) is 5.91 Å². The van der Waals surface area contributed by atoms with Crippen LogP contribution in [0.1, 0.15) is 12.8 Å². The van der Waals surface area contributed by atoms with Crippen molar-refractivity contribution in [2.75, 3.05) is 17.2 Å². The number of rotatable bonds is 7. The molecule has 28 heavy (non-hydrogen) atoms. The van der Waals surface area contributed by atoms with E-state index in [2.05, 4.69) is 26.6 Å². The zero-order valence-electron chi connectivity index (χ0n) is 14.2. The largest absolute Gasteiger partial charge is 0.456 e. The van der Waals surface area contributed by atoms with Gasteiger partial charge in [-0.2, -0.15) is 0 Å². The summed E-state index contributed by atoms with van der Waals surface area (Å²) in [6, 6.07) is 9.57. The average molecular weight is 509 g/mol. The molecule has 0 radical (unpaired) electrons. The molecule has 0 aliphatic heterocycles. The zero-order chi connectivity index (χ0) is 20.7. The number of amides is 2. The molecule has 2 amide bonds. The molecule has 2 rings (SSSR count). The average Bonchev–Trinajstić information content (AvgIpc) is 2.63. The maximum Gasteiger partial charge on any atom is 0.306 e. The van der Waals surface area contributed by atoms with Gasteiger partial charge in [0.25, 0.3) is 5.91 Å². The minimum absolute atomic E-state index is 0.112. The van der Waals surface area contributed by atoms with Crippen LogP contribution < -0.4 is 10.6 Å². The van der Waals surface area contributed by atoms with Crippen molar-refractivity contribution in [1.29, 1.82) is 0 Å². The van der Waals surface area contributed by atoms with Crippen LogP contribution in [-0.2, 0) is 19.1 Å². The highest BCUT2D eigenvalue weighted by atomic mass is 79.9. The maximum atomic E-state index is 11.9.